The standard InChI is InChI=1S/C7H18BOPS.C6H18BO3PS.C4H11P.C3H6O.C2H8BO/c1-4-10(8,5-2)6-11-7(3)9;1-4-11(7,5-2)6-10-12(3,8)9;1-3-5-4-2;1-3(2)4;3-1-2-4/h4-6H2,1-3,8H3;4-6H2,1-3,7H3;5H,3-4H2,1-2H3;1-2H3;4H,1-2H2,3H3/q;;;;-1. The molecule has 0 amide bonds. The molecular formula is C22H61B3O6P3S2-. The minimum absolute atomic E-state index is 0.167. The van der Waals surface area contributed by atoms with E-state index in [0.717, 1.165) is 24.9 Å². The van der Waals surface area contributed by atoms with Crippen molar-refractivity contribution in [3.63, 3.8) is 0 Å². The first-order chi connectivity index (χ1) is 16.4. The summed E-state index contributed by atoms with van der Waals surface area (Å²) in [4.78, 5) is 20.2. The van der Waals surface area contributed by atoms with Gasteiger partial charge in [0.25, 0.3) is 10.1 Å². The minimum Gasteiger partial charge on any atom is -0.400 e. The van der Waals surface area contributed by atoms with Crippen molar-refractivity contribution in [1.29, 1.82) is 0 Å². The Kier molecular flexibility index (Phi) is 39.8. The van der Waals surface area contributed by atoms with Crippen LogP contribution in [0.3, 0.4) is 0 Å². The van der Waals surface area contributed by atoms with Crippen LogP contribution in [0.25, 0.3) is 0 Å². The number of hydrogen-bond donors (Lipinski definition) is 1. The van der Waals surface area contributed by atoms with Crippen molar-refractivity contribution in [3.05, 3.63) is 0 Å². The van der Waals surface area contributed by atoms with Gasteiger partial charge in [0, 0.05) is 38.2 Å². The highest BCUT2D eigenvalue weighted by Gasteiger charge is 2.22. The fraction of sp³-hybridized carbons (Fsp3) is 0.909. The van der Waals surface area contributed by atoms with E-state index in [4.69, 9.17) is 9.29 Å². The molecule has 0 radical (unpaired) electrons. The van der Waals surface area contributed by atoms with E-state index in [2.05, 4.69) is 41.5 Å². The molecule has 0 heterocycles. The average Bonchev–Trinajstić information content (AvgIpc) is 2.81. The predicted octanol–water partition coefficient (Wildman–Crippen LogP) is 2.88. The molecule has 0 aliphatic carbocycles. The number of carbonyl (C=O) groups excluding carboxylic acids is 2. The molecule has 0 aliphatic heterocycles. The first-order valence-electron chi connectivity index (χ1n) is 11.3. The van der Waals surface area contributed by atoms with Crippen LogP contribution in [-0.4, -0.2) is 109 Å². The molecule has 0 atom stereocenters. The van der Waals surface area contributed by atoms with E-state index in [1.54, 1.807) is 18.7 Å². The maximum absolute atomic E-state index is 10.7. The van der Waals surface area contributed by atoms with Crippen molar-refractivity contribution in [2.75, 3.05) is 61.7 Å². The number of Topliss-reactive ketones (excluding diaryl/α,β-unsaturated/α-hetero) is 1. The third-order valence-corrected chi connectivity index (χ3v) is 11.4. The lowest BCUT2D eigenvalue weighted by Gasteiger charge is -2.25. The van der Waals surface area contributed by atoms with Crippen LogP contribution in [0.15, 0.2) is 0 Å². The summed E-state index contributed by atoms with van der Waals surface area (Å²) in [6, 6.07) is 0. The van der Waals surface area contributed by atoms with Crippen LogP contribution in [0.5, 0.6) is 0 Å². The number of thioether (sulfide) groups is 1. The second-order valence-corrected chi connectivity index (χ2v) is 17.3. The number of ketones is 1. The SMILES string of the molecule is CC(C)=O.CCPCC.[BH3-]CCO.[BH3-][P+](CC)(CC)COS(C)(=O)=O.[BH3-][P+](CC)(CC)CSC(C)=O. The minimum atomic E-state index is -3.21. The van der Waals surface area contributed by atoms with E-state index >= 15 is 0 Å². The Bertz CT molecular complexity index is 600. The third-order valence-electron chi connectivity index (χ3n) is 3.19. The van der Waals surface area contributed by atoms with Crippen molar-refractivity contribution in [2.45, 2.75) is 68.6 Å². The Hall–Kier alpha value is 1.04. The highest BCUT2D eigenvalue weighted by molar-refractivity contribution is 8.22. The molecule has 0 rings (SSSR count). The molecule has 0 bridgehead atoms. The Morgan fingerprint density at radius 3 is 1.39 bits per heavy atom. The Morgan fingerprint density at radius 1 is 0.889 bits per heavy atom. The van der Waals surface area contributed by atoms with Gasteiger partial charge in [-0.05, 0) is 61.7 Å². The number of aliphatic hydroxyl groups is 1. The second-order valence-electron chi connectivity index (χ2n) is 6.41. The van der Waals surface area contributed by atoms with Crippen molar-refractivity contribution < 1.29 is 27.3 Å². The molecule has 6 nitrogen and oxygen atoms in total. The number of hydrogen-bond acceptors (Lipinski definition) is 7. The van der Waals surface area contributed by atoms with Crippen LogP contribution in [-0.2, 0) is 23.9 Å². The lowest BCUT2D eigenvalue weighted by atomic mass is 10.1. The lowest BCUT2D eigenvalue weighted by molar-refractivity contribution is -0.115. The van der Waals surface area contributed by atoms with Crippen molar-refractivity contribution in [3.8, 4) is 0 Å². The van der Waals surface area contributed by atoms with E-state index in [1.165, 1.54) is 52.6 Å². The molecule has 0 spiro atoms. The number of carbonyl (C=O) groups is 2. The van der Waals surface area contributed by atoms with Gasteiger partial charge in [-0.1, -0.05) is 25.6 Å². The average molecular weight is 611 g/mol. The molecule has 14 heteroatoms. The first-order valence-corrected chi connectivity index (χ1v) is 19.3. The summed E-state index contributed by atoms with van der Waals surface area (Å²) < 4.78 is 26.3. The smallest absolute Gasteiger partial charge is 0.267 e. The lowest BCUT2D eigenvalue weighted by Crippen LogP contribution is -2.11. The molecule has 0 saturated carbocycles. The molecule has 0 aromatic carbocycles. The van der Waals surface area contributed by atoms with Gasteiger partial charge in [0.15, 0.2) is 5.12 Å². The van der Waals surface area contributed by atoms with Gasteiger partial charge in [-0.2, -0.15) is 14.7 Å². The first kappa shape index (κ1) is 46.9. The Balaban J connectivity index is -0.000000121. The van der Waals surface area contributed by atoms with E-state index in [0.29, 0.717) is 33.5 Å². The van der Waals surface area contributed by atoms with Crippen LogP contribution in [0.4, 0.5) is 0 Å². The summed E-state index contributed by atoms with van der Waals surface area (Å²) in [6.07, 6.45) is 10.6. The molecule has 0 aromatic heterocycles. The maximum Gasteiger partial charge on any atom is 0.267 e. The zero-order valence-electron chi connectivity index (χ0n) is 22.8. The van der Waals surface area contributed by atoms with Gasteiger partial charge in [-0.3, -0.25) is 4.79 Å². The fourth-order valence-electron chi connectivity index (χ4n) is 1.41. The van der Waals surface area contributed by atoms with E-state index < -0.39 is 24.4 Å². The molecule has 0 unspecified atom stereocenters. The highest BCUT2D eigenvalue weighted by atomic mass is 32.2. The summed E-state index contributed by atoms with van der Waals surface area (Å²) in [7, 11) is -2.15. The van der Waals surface area contributed by atoms with Crippen LogP contribution >= 0.6 is 34.6 Å². The number of rotatable bonds is 12. The van der Waals surface area contributed by atoms with Gasteiger partial charge < -0.3 is 9.90 Å². The van der Waals surface area contributed by atoms with Crippen LogP contribution < -0.4 is 0 Å². The summed E-state index contributed by atoms with van der Waals surface area (Å²) in [5, 5.41) is 8.24. The van der Waals surface area contributed by atoms with Gasteiger partial charge in [0.1, 0.15) is 27.3 Å². The molecule has 0 saturated heterocycles. The summed E-state index contributed by atoms with van der Waals surface area (Å²) in [6.45, 7) is 18.5. The van der Waals surface area contributed by atoms with Crippen LogP contribution in [0, 0.1) is 0 Å². The van der Waals surface area contributed by atoms with Gasteiger partial charge >= 0.3 is 0 Å². The van der Waals surface area contributed by atoms with Gasteiger partial charge in [-0.25, -0.2) is 4.18 Å². The monoisotopic (exact) mass is 611 g/mol. The van der Waals surface area contributed by atoms with E-state index in [-0.39, 0.29) is 13.3 Å². The zero-order chi connectivity index (χ0) is 29.8. The van der Waals surface area contributed by atoms with Crippen molar-refractivity contribution >= 4 is 78.6 Å². The van der Waals surface area contributed by atoms with E-state index in [9.17, 15) is 18.0 Å². The van der Waals surface area contributed by atoms with Gasteiger partial charge in [0.2, 0.25) is 0 Å². The quantitative estimate of drug-likeness (QED) is 0.206. The second kappa shape index (κ2) is 30.6. The van der Waals surface area contributed by atoms with Gasteiger partial charge in [0.05, 0.1) is 11.7 Å². The Morgan fingerprint density at radius 2 is 1.22 bits per heavy atom. The van der Waals surface area contributed by atoms with Crippen molar-refractivity contribution in [2.24, 2.45) is 0 Å². The van der Waals surface area contributed by atoms with Gasteiger partial charge in [-0.15, -0.1) is 22.9 Å². The largest absolute Gasteiger partial charge is 0.400 e. The molecule has 36 heavy (non-hydrogen) atoms. The number of aliphatic hydroxyl groups excluding tert-OH is 1. The molecule has 0 aromatic rings. The molecule has 0 fully saturated rings. The summed E-state index contributed by atoms with van der Waals surface area (Å²) in [5.41, 5.74) is 1.19. The molecule has 222 valence electrons. The third kappa shape index (κ3) is 48.1. The summed E-state index contributed by atoms with van der Waals surface area (Å²) >= 11 is 1.56. The van der Waals surface area contributed by atoms with Crippen LogP contribution in [0.1, 0.15) is 62.3 Å². The Labute approximate surface area is 235 Å². The highest BCUT2D eigenvalue weighted by Crippen LogP contribution is 2.55. The molecule has 1 N–H and O–H groups in total. The fourth-order valence-corrected chi connectivity index (χ4v) is 7.45. The molecule has 0 aliphatic rings. The maximum atomic E-state index is 10.7. The molecular weight excluding hydrogens is 550 g/mol. The summed E-state index contributed by atoms with van der Waals surface area (Å²) in [5.74, 6) is 0.167. The normalized spacial score (nSPS) is 10.7. The van der Waals surface area contributed by atoms with E-state index in [1.807, 2.05) is 0 Å². The topological polar surface area (TPSA) is 97.7 Å². The van der Waals surface area contributed by atoms with Crippen molar-refractivity contribution in [1.82, 2.24) is 0 Å². The zero-order valence-corrected chi connectivity index (χ0v) is 27.2. The predicted molar refractivity (Wildman–Crippen MR) is 187 cm³/mol. The van der Waals surface area contributed by atoms with Crippen LogP contribution in [0.2, 0.25) is 6.32 Å².